The van der Waals surface area contributed by atoms with Gasteiger partial charge in [-0.1, -0.05) is 42.5 Å². The minimum atomic E-state index is 0.841. The number of nitrogens with one attached hydrogen (secondary N) is 1. The van der Waals surface area contributed by atoms with Crippen LogP contribution < -0.4 is 0 Å². The first-order valence-corrected chi connectivity index (χ1v) is 9.89. The molecule has 0 fully saturated rings. The third-order valence-electron chi connectivity index (χ3n) is 5.79. The number of rotatable bonds is 1. The summed E-state index contributed by atoms with van der Waals surface area (Å²) in [6.45, 7) is 0. The summed E-state index contributed by atoms with van der Waals surface area (Å²) < 4.78 is 2.12. The molecule has 7 aromatic rings. The third-order valence-corrected chi connectivity index (χ3v) is 5.79. The second-order valence-electron chi connectivity index (χ2n) is 7.52. The molecule has 5 aromatic heterocycles. The Hall–Kier alpha value is -4.25. The minimum absolute atomic E-state index is 0.841. The van der Waals surface area contributed by atoms with Crippen molar-refractivity contribution in [3.8, 4) is 5.82 Å². The summed E-state index contributed by atoms with van der Waals surface area (Å²) in [5, 5.41) is 4.40. The van der Waals surface area contributed by atoms with Gasteiger partial charge in [0.05, 0.1) is 22.1 Å². The predicted molar refractivity (Wildman–Crippen MR) is 121 cm³/mol. The van der Waals surface area contributed by atoms with Gasteiger partial charge in [-0.3, -0.25) is 9.55 Å². The van der Waals surface area contributed by atoms with Crippen molar-refractivity contribution in [2.75, 3.05) is 0 Å². The molecule has 5 heteroatoms. The second-order valence-corrected chi connectivity index (χ2v) is 7.52. The molecule has 1 N–H and O–H groups in total. The molecule has 5 heterocycles. The van der Waals surface area contributed by atoms with Crippen molar-refractivity contribution in [1.29, 1.82) is 0 Å². The zero-order chi connectivity index (χ0) is 19.7. The molecule has 0 atom stereocenters. The molecule has 0 bridgehead atoms. The van der Waals surface area contributed by atoms with Crippen molar-refractivity contribution < 1.29 is 0 Å². The Bertz CT molecular complexity index is 1760. The molecule has 5 nitrogen and oxygen atoms in total. The highest BCUT2D eigenvalue weighted by Gasteiger charge is 2.18. The van der Waals surface area contributed by atoms with Crippen molar-refractivity contribution in [2.24, 2.45) is 0 Å². The number of aromatic amines is 1. The molecule has 0 aliphatic rings. The smallest absolute Gasteiger partial charge is 0.149 e. The van der Waals surface area contributed by atoms with Crippen molar-refractivity contribution in [3.05, 3.63) is 85.2 Å². The van der Waals surface area contributed by atoms with Crippen LogP contribution in [0.4, 0.5) is 0 Å². The minimum Gasteiger partial charge on any atom is -0.353 e. The number of aromatic nitrogens is 5. The number of para-hydroxylation sites is 1. The number of H-pyrrole nitrogens is 1. The molecule has 0 radical (unpaired) electrons. The zero-order valence-electron chi connectivity index (χ0n) is 15.9. The van der Waals surface area contributed by atoms with E-state index in [1.165, 1.54) is 0 Å². The molecule has 0 aliphatic heterocycles. The Morgan fingerprint density at radius 2 is 1.57 bits per heavy atom. The SMILES string of the molecule is c1ccc2cc(-n3c4cccnc4c4cc5[nH]c6ccccc6c5nc43)ncc2c1. The lowest BCUT2D eigenvalue weighted by molar-refractivity contribution is 1.07. The fourth-order valence-corrected chi connectivity index (χ4v) is 4.42. The van der Waals surface area contributed by atoms with E-state index in [1.807, 2.05) is 42.7 Å². The average Bonchev–Trinajstić information content (AvgIpc) is 3.32. The van der Waals surface area contributed by atoms with E-state index in [0.29, 0.717) is 0 Å². The third kappa shape index (κ3) is 2.03. The summed E-state index contributed by atoms with van der Waals surface area (Å²) in [4.78, 5) is 18.0. The number of pyridine rings is 3. The quantitative estimate of drug-likeness (QED) is 0.391. The summed E-state index contributed by atoms with van der Waals surface area (Å²) in [6.07, 6.45) is 3.75. The van der Waals surface area contributed by atoms with E-state index in [-0.39, 0.29) is 0 Å². The van der Waals surface area contributed by atoms with Crippen LogP contribution in [0.3, 0.4) is 0 Å². The van der Waals surface area contributed by atoms with E-state index >= 15 is 0 Å². The molecule has 0 aliphatic carbocycles. The summed E-state index contributed by atoms with van der Waals surface area (Å²) in [6, 6.07) is 24.8. The van der Waals surface area contributed by atoms with Crippen molar-refractivity contribution in [3.63, 3.8) is 0 Å². The van der Waals surface area contributed by atoms with Crippen LogP contribution in [-0.2, 0) is 0 Å². The zero-order valence-corrected chi connectivity index (χ0v) is 15.9. The molecule has 0 saturated carbocycles. The van der Waals surface area contributed by atoms with Crippen LogP contribution in [0.15, 0.2) is 85.2 Å². The topological polar surface area (TPSA) is 59.4 Å². The van der Waals surface area contributed by atoms with Crippen molar-refractivity contribution >= 4 is 54.8 Å². The number of nitrogens with zero attached hydrogens (tertiary/aromatic N) is 4. The normalized spacial score (nSPS) is 12.0. The number of benzene rings is 2. The summed E-state index contributed by atoms with van der Waals surface area (Å²) in [7, 11) is 0. The van der Waals surface area contributed by atoms with E-state index < -0.39 is 0 Å². The Balaban J connectivity index is 1.66. The van der Waals surface area contributed by atoms with Gasteiger partial charge in [-0.15, -0.1) is 0 Å². The first kappa shape index (κ1) is 15.6. The predicted octanol–water partition coefficient (Wildman–Crippen LogP) is 5.76. The Kier molecular flexibility index (Phi) is 2.94. The van der Waals surface area contributed by atoms with Gasteiger partial charge < -0.3 is 4.98 Å². The van der Waals surface area contributed by atoms with Crippen molar-refractivity contribution in [2.45, 2.75) is 0 Å². The highest BCUT2D eigenvalue weighted by atomic mass is 15.1. The van der Waals surface area contributed by atoms with Crippen LogP contribution in [0.25, 0.3) is 60.6 Å². The lowest BCUT2D eigenvalue weighted by Gasteiger charge is -2.07. The van der Waals surface area contributed by atoms with Crippen LogP contribution in [0.5, 0.6) is 0 Å². The van der Waals surface area contributed by atoms with E-state index in [1.54, 1.807) is 0 Å². The van der Waals surface area contributed by atoms with Crippen LogP contribution in [-0.4, -0.2) is 24.5 Å². The first-order chi connectivity index (χ1) is 14.9. The molecule has 0 amide bonds. The maximum atomic E-state index is 5.11. The van der Waals surface area contributed by atoms with Crippen LogP contribution in [0.1, 0.15) is 0 Å². The molecule has 140 valence electrons. The molecular weight excluding hydrogens is 370 g/mol. The fourth-order valence-electron chi connectivity index (χ4n) is 4.42. The van der Waals surface area contributed by atoms with Crippen LogP contribution >= 0.6 is 0 Å². The van der Waals surface area contributed by atoms with Gasteiger partial charge in [0.15, 0.2) is 0 Å². The van der Waals surface area contributed by atoms with Crippen LogP contribution in [0.2, 0.25) is 0 Å². The molecule has 0 saturated heterocycles. The van der Waals surface area contributed by atoms with E-state index in [2.05, 4.69) is 57.0 Å². The Morgan fingerprint density at radius 3 is 2.53 bits per heavy atom. The van der Waals surface area contributed by atoms with Gasteiger partial charge in [0.1, 0.15) is 11.5 Å². The number of hydrogen-bond acceptors (Lipinski definition) is 3. The summed E-state index contributed by atoms with van der Waals surface area (Å²) in [5.74, 6) is 0.841. The van der Waals surface area contributed by atoms with Crippen LogP contribution in [0, 0.1) is 0 Å². The molecule has 2 aromatic carbocycles. The lowest BCUT2D eigenvalue weighted by Crippen LogP contribution is -1.98. The summed E-state index contributed by atoms with van der Waals surface area (Å²) >= 11 is 0. The van der Waals surface area contributed by atoms with Crippen molar-refractivity contribution in [1.82, 2.24) is 24.5 Å². The van der Waals surface area contributed by atoms with Gasteiger partial charge in [0.25, 0.3) is 0 Å². The second kappa shape index (κ2) is 5.64. The number of fused-ring (bicyclic) bond motifs is 7. The maximum Gasteiger partial charge on any atom is 0.149 e. The molecule has 0 unspecified atom stereocenters. The highest BCUT2D eigenvalue weighted by Crippen LogP contribution is 2.33. The Morgan fingerprint density at radius 1 is 0.700 bits per heavy atom. The fraction of sp³-hybridized carbons (Fsp3) is 0. The van der Waals surface area contributed by atoms with Gasteiger partial charge in [0, 0.05) is 34.1 Å². The van der Waals surface area contributed by atoms with Gasteiger partial charge in [0.2, 0.25) is 0 Å². The molecule has 30 heavy (non-hydrogen) atoms. The molecule has 7 rings (SSSR count). The monoisotopic (exact) mass is 385 g/mol. The van der Waals surface area contributed by atoms with E-state index in [4.69, 9.17) is 9.97 Å². The van der Waals surface area contributed by atoms with Gasteiger partial charge in [-0.05, 0) is 35.7 Å². The van der Waals surface area contributed by atoms with Gasteiger partial charge in [-0.2, -0.15) is 0 Å². The largest absolute Gasteiger partial charge is 0.353 e. The Labute approximate surface area is 170 Å². The number of hydrogen-bond donors (Lipinski definition) is 1. The lowest BCUT2D eigenvalue weighted by atomic mass is 10.2. The van der Waals surface area contributed by atoms with Gasteiger partial charge >= 0.3 is 0 Å². The highest BCUT2D eigenvalue weighted by molar-refractivity contribution is 6.13. The first-order valence-electron chi connectivity index (χ1n) is 9.89. The molecular formula is C25H15N5. The average molecular weight is 385 g/mol. The van der Waals surface area contributed by atoms with E-state index in [0.717, 1.165) is 60.6 Å². The standard InChI is InChI=1S/C25H15N5/c1-2-7-16-14-27-22(12-15(16)6-1)30-21-10-5-11-26-24(21)18-13-20-23(29-25(18)30)17-8-3-4-9-19(17)28-20/h1-14,28H. The molecule has 0 spiro atoms. The van der Waals surface area contributed by atoms with Gasteiger partial charge in [-0.25, -0.2) is 9.97 Å². The van der Waals surface area contributed by atoms with E-state index in [9.17, 15) is 0 Å². The maximum absolute atomic E-state index is 5.11. The summed E-state index contributed by atoms with van der Waals surface area (Å²) in [5.41, 5.74) is 5.85.